The third-order valence-corrected chi connectivity index (χ3v) is 3.44. The molecule has 0 spiro atoms. The molecule has 0 saturated heterocycles. The summed E-state index contributed by atoms with van der Waals surface area (Å²) in [5.74, 6) is 0.499. The molecule has 1 amide bonds. The molecule has 2 aromatic heterocycles. The first kappa shape index (κ1) is 15.7. The summed E-state index contributed by atoms with van der Waals surface area (Å²) < 4.78 is 7.15. The Labute approximate surface area is 140 Å². The topological polar surface area (TPSA) is 69.0 Å². The summed E-state index contributed by atoms with van der Waals surface area (Å²) in [6, 6.07) is 9.10. The van der Waals surface area contributed by atoms with E-state index < -0.39 is 0 Å². The number of rotatable bonds is 5. The average Bonchev–Trinajstić information content (AvgIpc) is 3.02. The number of ether oxygens (including phenoxy) is 1. The molecule has 0 saturated carbocycles. The summed E-state index contributed by atoms with van der Waals surface area (Å²) in [5.41, 5.74) is 2.92. The average molecular weight is 322 g/mol. The fourth-order valence-electron chi connectivity index (χ4n) is 2.33. The molecule has 0 aliphatic rings. The molecule has 2 heterocycles. The van der Waals surface area contributed by atoms with Gasteiger partial charge >= 0.3 is 0 Å². The van der Waals surface area contributed by atoms with Crippen molar-refractivity contribution in [1.29, 1.82) is 0 Å². The third-order valence-electron chi connectivity index (χ3n) is 3.44. The lowest BCUT2D eigenvalue weighted by molar-refractivity contribution is 0.102. The smallest absolute Gasteiger partial charge is 0.257 e. The predicted octanol–water partition coefficient (Wildman–Crippen LogP) is 3.13. The molecule has 122 valence electrons. The molecule has 3 aromatic rings. The van der Waals surface area contributed by atoms with E-state index in [1.807, 2.05) is 38.4 Å². The van der Waals surface area contributed by atoms with Gasteiger partial charge in [-0.3, -0.25) is 14.5 Å². The Morgan fingerprint density at radius 2 is 2.08 bits per heavy atom. The Morgan fingerprint density at radius 3 is 2.83 bits per heavy atom. The van der Waals surface area contributed by atoms with Crippen molar-refractivity contribution in [2.75, 3.05) is 11.9 Å². The second kappa shape index (κ2) is 6.95. The van der Waals surface area contributed by atoms with Crippen LogP contribution in [0.15, 0.2) is 55.1 Å². The SMILES string of the molecule is CCOc1cccc(NC(=O)c2cncc(-c3cnn(C)c3)c2)c1. The van der Waals surface area contributed by atoms with Crippen molar-refractivity contribution in [3.63, 3.8) is 0 Å². The van der Waals surface area contributed by atoms with Gasteiger partial charge < -0.3 is 10.1 Å². The maximum Gasteiger partial charge on any atom is 0.257 e. The van der Waals surface area contributed by atoms with E-state index in [1.54, 1.807) is 35.4 Å². The summed E-state index contributed by atoms with van der Waals surface area (Å²) in [4.78, 5) is 16.6. The van der Waals surface area contributed by atoms with Crippen LogP contribution in [0.3, 0.4) is 0 Å². The molecule has 6 heteroatoms. The lowest BCUT2D eigenvalue weighted by Crippen LogP contribution is -2.12. The number of aromatic nitrogens is 3. The minimum absolute atomic E-state index is 0.220. The Morgan fingerprint density at radius 1 is 1.21 bits per heavy atom. The third kappa shape index (κ3) is 3.60. The number of nitrogens with zero attached hydrogens (tertiary/aromatic N) is 3. The van der Waals surface area contributed by atoms with E-state index >= 15 is 0 Å². The standard InChI is InChI=1S/C18H18N4O2/c1-3-24-17-6-4-5-16(8-17)21-18(23)14-7-13(9-19-10-14)15-11-20-22(2)12-15/h4-12H,3H2,1-2H3,(H,21,23). The first-order chi connectivity index (χ1) is 11.7. The second-order valence-electron chi connectivity index (χ2n) is 5.28. The Bertz CT molecular complexity index is 857. The number of hydrogen-bond acceptors (Lipinski definition) is 4. The summed E-state index contributed by atoms with van der Waals surface area (Å²) in [6.07, 6.45) is 6.87. The van der Waals surface area contributed by atoms with Gasteiger partial charge in [0.15, 0.2) is 0 Å². The van der Waals surface area contributed by atoms with Crippen molar-refractivity contribution in [1.82, 2.24) is 14.8 Å². The second-order valence-corrected chi connectivity index (χ2v) is 5.28. The fourth-order valence-corrected chi connectivity index (χ4v) is 2.33. The highest BCUT2D eigenvalue weighted by molar-refractivity contribution is 6.04. The van der Waals surface area contributed by atoms with Crippen LogP contribution in [-0.2, 0) is 7.05 Å². The molecule has 0 radical (unpaired) electrons. The number of pyridine rings is 1. The lowest BCUT2D eigenvalue weighted by atomic mass is 10.1. The molecule has 0 bridgehead atoms. The van der Waals surface area contributed by atoms with Crippen molar-refractivity contribution in [3.05, 3.63) is 60.7 Å². The van der Waals surface area contributed by atoms with Crippen LogP contribution in [0.2, 0.25) is 0 Å². The van der Waals surface area contributed by atoms with E-state index in [2.05, 4.69) is 15.4 Å². The number of nitrogens with one attached hydrogen (secondary N) is 1. The van der Waals surface area contributed by atoms with Gasteiger partial charge in [-0.2, -0.15) is 5.10 Å². The monoisotopic (exact) mass is 322 g/mol. The number of amides is 1. The molecule has 0 aliphatic carbocycles. The van der Waals surface area contributed by atoms with Crippen LogP contribution in [-0.4, -0.2) is 27.3 Å². The minimum atomic E-state index is -0.220. The van der Waals surface area contributed by atoms with Gasteiger partial charge in [0.2, 0.25) is 0 Å². The van der Waals surface area contributed by atoms with Crippen LogP contribution in [0.5, 0.6) is 5.75 Å². The number of benzene rings is 1. The zero-order valence-corrected chi connectivity index (χ0v) is 13.6. The van der Waals surface area contributed by atoms with E-state index in [4.69, 9.17) is 4.74 Å². The highest BCUT2D eigenvalue weighted by Gasteiger charge is 2.10. The molecule has 0 unspecified atom stereocenters. The van der Waals surface area contributed by atoms with E-state index in [0.717, 1.165) is 16.9 Å². The first-order valence-electron chi connectivity index (χ1n) is 7.64. The van der Waals surface area contributed by atoms with E-state index in [9.17, 15) is 4.79 Å². The highest BCUT2D eigenvalue weighted by Crippen LogP contribution is 2.20. The highest BCUT2D eigenvalue weighted by atomic mass is 16.5. The van der Waals surface area contributed by atoms with E-state index in [0.29, 0.717) is 17.9 Å². The van der Waals surface area contributed by atoms with Crippen LogP contribution >= 0.6 is 0 Å². The summed E-state index contributed by atoms with van der Waals surface area (Å²) >= 11 is 0. The van der Waals surface area contributed by atoms with Crippen LogP contribution in [0.25, 0.3) is 11.1 Å². The molecule has 0 fully saturated rings. The Kier molecular flexibility index (Phi) is 4.56. The van der Waals surface area contributed by atoms with Gasteiger partial charge in [-0.15, -0.1) is 0 Å². The van der Waals surface area contributed by atoms with Gasteiger partial charge in [0.25, 0.3) is 5.91 Å². The molecular formula is C18H18N4O2. The van der Waals surface area contributed by atoms with Crippen LogP contribution in [0.1, 0.15) is 17.3 Å². The summed E-state index contributed by atoms with van der Waals surface area (Å²) in [6.45, 7) is 2.50. The van der Waals surface area contributed by atoms with Crippen molar-refractivity contribution in [2.24, 2.45) is 7.05 Å². The largest absolute Gasteiger partial charge is 0.494 e. The van der Waals surface area contributed by atoms with Gasteiger partial charge in [-0.05, 0) is 25.1 Å². The molecule has 0 atom stereocenters. The van der Waals surface area contributed by atoms with Gasteiger partial charge in [-0.25, -0.2) is 0 Å². The quantitative estimate of drug-likeness (QED) is 0.783. The lowest BCUT2D eigenvalue weighted by Gasteiger charge is -2.08. The molecular weight excluding hydrogens is 304 g/mol. The number of aryl methyl sites for hydroxylation is 1. The van der Waals surface area contributed by atoms with Crippen LogP contribution < -0.4 is 10.1 Å². The van der Waals surface area contributed by atoms with Crippen LogP contribution in [0, 0.1) is 0 Å². The van der Waals surface area contributed by atoms with Gasteiger partial charge in [0.05, 0.1) is 18.4 Å². The number of hydrogen-bond donors (Lipinski definition) is 1. The zero-order chi connectivity index (χ0) is 16.9. The molecule has 24 heavy (non-hydrogen) atoms. The fraction of sp³-hybridized carbons (Fsp3) is 0.167. The molecule has 0 aliphatic heterocycles. The Hall–Kier alpha value is -3.15. The maximum absolute atomic E-state index is 12.5. The van der Waals surface area contributed by atoms with Crippen molar-refractivity contribution in [2.45, 2.75) is 6.92 Å². The number of anilines is 1. The normalized spacial score (nSPS) is 10.4. The van der Waals surface area contributed by atoms with Gasteiger partial charge in [0.1, 0.15) is 5.75 Å². The van der Waals surface area contributed by atoms with E-state index in [-0.39, 0.29) is 5.91 Å². The molecule has 3 rings (SSSR count). The maximum atomic E-state index is 12.5. The zero-order valence-electron chi connectivity index (χ0n) is 13.6. The van der Waals surface area contributed by atoms with Crippen molar-refractivity contribution < 1.29 is 9.53 Å². The molecule has 1 N–H and O–H groups in total. The van der Waals surface area contributed by atoms with Gasteiger partial charge in [0, 0.05) is 48.5 Å². The van der Waals surface area contributed by atoms with Gasteiger partial charge in [-0.1, -0.05) is 6.07 Å². The molecule has 6 nitrogen and oxygen atoms in total. The van der Waals surface area contributed by atoms with Crippen molar-refractivity contribution in [3.8, 4) is 16.9 Å². The van der Waals surface area contributed by atoms with E-state index in [1.165, 1.54) is 0 Å². The first-order valence-corrected chi connectivity index (χ1v) is 7.64. The van der Waals surface area contributed by atoms with Crippen molar-refractivity contribution >= 4 is 11.6 Å². The number of carbonyl (C=O) groups is 1. The number of carbonyl (C=O) groups excluding carboxylic acids is 1. The summed E-state index contributed by atoms with van der Waals surface area (Å²) in [7, 11) is 1.85. The Balaban J connectivity index is 1.79. The summed E-state index contributed by atoms with van der Waals surface area (Å²) in [5, 5.41) is 7.00. The minimum Gasteiger partial charge on any atom is -0.494 e. The predicted molar refractivity (Wildman–Crippen MR) is 92.0 cm³/mol. The molecule has 1 aromatic carbocycles. The van der Waals surface area contributed by atoms with Crippen LogP contribution in [0.4, 0.5) is 5.69 Å².